The molecule has 0 radical (unpaired) electrons. The maximum absolute atomic E-state index is 11.9. The van der Waals surface area contributed by atoms with Crippen molar-refractivity contribution in [2.45, 2.75) is 26.2 Å². The number of piperidine rings is 1. The molecule has 0 atom stereocenters. The van der Waals surface area contributed by atoms with E-state index in [4.69, 9.17) is 9.84 Å². The Morgan fingerprint density at radius 3 is 2.76 bits per heavy atom. The third-order valence-electron chi connectivity index (χ3n) is 3.74. The van der Waals surface area contributed by atoms with Crippen LogP contribution in [0.1, 0.15) is 23.4 Å². The zero-order valence-corrected chi connectivity index (χ0v) is 12.9. The Hall–Kier alpha value is -1.47. The molecule has 1 aliphatic heterocycles. The first kappa shape index (κ1) is 15.9. The van der Waals surface area contributed by atoms with Crippen molar-refractivity contribution in [3.05, 3.63) is 16.1 Å². The van der Waals surface area contributed by atoms with Crippen LogP contribution in [0.3, 0.4) is 0 Å². The van der Waals surface area contributed by atoms with E-state index >= 15 is 0 Å². The summed E-state index contributed by atoms with van der Waals surface area (Å²) in [4.78, 5) is 29.8. The summed E-state index contributed by atoms with van der Waals surface area (Å²) in [7, 11) is 0. The summed E-state index contributed by atoms with van der Waals surface area (Å²) in [5.41, 5.74) is 2.83. The van der Waals surface area contributed by atoms with Gasteiger partial charge in [0.25, 0.3) is 0 Å². The highest BCUT2D eigenvalue weighted by atomic mass is 32.1. The minimum absolute atomic E-state index is 0.0557. The topological polar surface area (TPSA) is 79.7 Å². The SMILES string of the molecule is Cc1ncsc1CCOCC(=O)N1CCC(C(=O)O)CC1. The number of carbonyl (C=O) groups excluding carboxylic acids is 1. The van der Waals surface area contributed by atoms with Crippen LogP contribution in [0, 0.1) is 12.8 Å². The average molecular weight is 312 g/mol. The van der Waals surface area contributed by atoms with Crippen molar-refractivity contribution < 1.29 is 19.4 Å². The molecule has 0 aliphatic carbocycles. The molecule has 116 valence electrons. The van der Waals surface area contributed by atoms with Crippen LogP contribution in [-0.4, -0.2) is 53.2 Å². The fourth-order valence-electron chi connectivity index (χ4n) is 2.36. The lowest BCUT2D eigenvalue weighted by atomic mass is 9.97. The standard InChI is InChI=1S/C14H20N2O4S/c1-10-12(21-9-15-10)4-7-20-8-13(17)16-5-2-11(3-6-16)14(18)19/h9,11H,2-8H2,1H3,(H,18,19). The Bertz CT molecular complexity index is 495. The molecule has 1 aromatic rings. The third-order valence-corrected chi connectivity index (χ3v) is 4.74. The molecule has 1 aromatic heterocycles. The van der Waals surface area contributed by atoms with Crippen LogP contribution in [-0.2, 0) is 20.7 Å². The summed E-state index contributed by atoms with van der Waals surface area (Å²) in [6, 6.07) is 0. The first-order valence-electron chi connectivity index (χ1n) is 7.05. The quantitative estimate of drug-likeness (QED) is 0.802. The molecule has 6 nitrogen and oxygen atoms in total. The number of likely N-dealkylation sites (tertiary alicyclic amines) is 1. The van der Waals surface area contributed by atoms with E-state index in [2.05, 4.69) is 4.98 Å². The van der Waals surface area contributed by atoms with E-state index in [1.807, 2.05) is 12.4 Å². The van der Waals surface area contributed by atoms with Crippen LogP contribution in [0.2, 0.25) is 0 Å². The van der Waals surface area contributed by atoms with Crippen molar-refractivity contribution in [3.63, 3.8) is 0 Å². The number of carbonyl (C=O) groups is 2. The lowest BCUT2D eigenvalue weighted by molar-refractivity contribution is -0.146. The molecule has 0 spiro atoms. The van der Waals surface area contributed by atoms with Crippen molar-refractivity contribution in [2.75, 3.05) is 26.3 Å². The van der Waals surface area contributed by atoms with E-state index in [0.29, 0.717) is 32.5 Å². The zero-order chi connectivity index (χ0) is 15.2. The maximum Gasteiger partial charge on any atom is 0.306 e. The van der Waals surface area contributed by atoms with Gasteiger partial charge in [-0.25, -0.2) is 4.98 Å². The molecule has 0 aromatic carbocycles. The number of aliphatic carboxylic acids is 1. The predicted molar refractivity (Wildman–Crippen MR) is 78.3 cm³/mol. The van der Waals surface area contributed by atoms with E-state index < -0.39 is 5.97 Å². The summed E-state index contributed by atoms with van der Waals surface area (Å²) in [6.07, 6.45) is 1.83. The van der Waals surface area contributed by atoms with Gasteiger partial charge in [-0.3, -0.25) is 9.59 Å². The molecular formula is C14H20N2O4S. The number of hydrogen-bond donors (Lipinski definition) is 1. The van der Waals surface area contributed by atoms with E-state index in [1.165, 1.54) is 4.88 Å². The number of amides is 1. The molecule has 1 N–H and O–H groups in total. The van der Waals surface area contributed by atoms with Crippen LogP contribution < -0.4 is 0 Å². The molecule has 1 aliphatic rings. The van der Waals surface area contributed by atoms with Crippen LogP contribution in [0.15, 0.2) is 5.51 Å². The second kappa shape index (κ2) is 7.51. The third kappa shape index (κ3) is 4.50. The molecule has 0 saturated carbocycles. The second-order valence-corrected chi connectivity index (χ2v) is 6.10. The van der Waals surface area contributed by atoms with E-state index in [9.17, 15) is 9.59 Å². The first-order valence-corrected chi connectivity index (χ1v) is 7.93. The van der Waals surface area contributed by atoms with Crippen molar-refractivity contribution >= 4 is 23.2 Å². The van der Waals surface area contributed by atoms with Gasteiger partial charge in [-0.15, -0.1) is 11.3 Å². The molecule has 2 rings (SSSR count). The molecule has 2 heterocycles. The minimum Gasteiger partial charge on any atom is -0.481 e. The Morgan fingerprint density at radius 1 is 1.48 bits per heavy atom. The number of carboxylic acid groups (broad SMARTS) is 1. The predicted octanol–water partition coefficient (Wildman–Crippen LogP) is 1.33. The summed E-state index contributed by atoms with van der Waals surface area (Å²) in [5.74, 6) is -1.14. The largest absolute Gasteiger partial charge is 0.481 e. The van der Waals surface area contributed by atoms with E-state index in [-0.39, 0.29) is 18.4 Å². The van der Waals surface area contributed by atoms with Crippen molar-refractivity contribution in [1.82, 2.24) is 9.88 Å². The molecule has 1 fully saturated rings. The number of nitrogens with zero attached hydrogens (tertiary/aromatic N) is 2. The Morgan fingerprint density at radius 2 is 2.19 bits per heavy atom. The highest BCUT2D eigenvalue weighted by Crippen LogP contribution is 2.17. The van der Waals surface area contributed by atoms with Crippen LogP contribution >= 0.6 is 11.3 Å². The Balaban J connectivity index is 1.64. The number of carboxylic acids is 1. The molecule has 0 unspecified atom stereocenters. The second-order valence-electron chi connectivity index (χ2n) is 5.16. The summed E-state index contributed by atoms with van der Waals surface area (Å²) in [5, 5.41) is 8.92. The van der Waals surface area contributed by atoms with Gasteiger partial charge in [0.2, 0.25) is 5.91 Å². The normalized spacial score (nSPS) is 16.1. The van der Waals surface area contributed by atoms with Gasteiger partial charge in [0, 0.05) is 24.4 Å². The van der Waals surface area contributed by atoms with Crippen LogP contribution in [0.5, 0.6) is 0 Å². The van der Waals surface area contributed by atoms with Crippen molar-refractivity contribution in [1.29, 1.82) is 0 Å². The summed E-state index contributed by atoms with van der Waals surface area (Å²) < 4.78 is 5.42. The van der Waals surface area contributed by atoms with Crippen LogP contribution in [0.4, 0.5) is 0 Å². The minimum atomic E-state index is -0.765. The maximum atomic E-state index is 11.9. The molecule has 0 bridgehead atoms. The number of rotatable bonds is 6. The van der Waals surface area contributed by atoms with Gasteiger partial charge in [0.05, 0.1) is 23.7 Å². The molecule has 21 heavy (non-hydrogen) atoms. The Kier molecular flexibility index (Phi) is 5.69. The number of aromatic nitrogens is 1. The number of hydrogen-bond acceptors (Lipinski definition) is 5. The van der Waals surface area contributed by atoms with E-state index in [1.54, 1.807) is 16.2 Å². The highest BCUT2D eigenvalue weighted by molar-refractivity contribution is 7.09. The van der Waals surface area contributed by atoms with Gasteiger partial charge in [-0.05, 0) is 19.8 Å². The van der Waals surface area contributed by atoms with Gasteiger partial charge < -0.3 is 14.7 Å². The fraction of sp³-hybridized carbons (Fsp3) is 0.643. The van der Waals surface area contributed by atoms with E-state index in [0.717, 1.165) is 12.1 Å². The first-order chi connectivity index (χ1) is 10.1. The average Bonchev–Trinajstić information content (AvgIpc) is 2.89. The molecule has 7 heteroatoms. The number of thiazole rings is 1. The van der Waals surface area contributed by atoms with Crippen molar-refractivity contribution in [2.24, 2.45) is 5.92 Å². The smallest absolute Gasteiger partial charge is 0.306 e. The van der Waals surface area contributed by atoms with Gasteiger partial charge in [0.1, 0.15) is 6.61 Å². The van der Waals surface area contributed by atoms with Crippen LogP contribution in [0.25, 0.3) is 0 Å². The van der Waals surface area contributed by atoms with Gasteiger partial charge in [0.15, 0.2) is 0 Å². The Labute approximate surface area is 127 Å². The number of aryl methyl sites for hydroxylation is 1. The van der Waals surface area contributed by atoms with Gasteiger partial charge in [-0.1, -0.05) is 0 Å². The number of ether oxygens (including phenoxy) is 1. The van der Waals surface area contributed by atoms with Crippen molar-refractivity contribution in [3.8, 4) is 0 Å². The fourth-order valence-corrected chi connectivity index (χ4v) is 3.12. The monoisotopic (exact) mass is 312 g/mol. The molecule has 1 amide bonds. The zero-order valence-electron chi connectivity index (χ0n) is 12.1. The lowest BCUT2D eigenvalue weighted by Crippen LogP contribution is -2.42. The summed E-state index contributed by atoms with van der Waals surface area (Å²) >= 11 is 1.60. The summed E-state index contributed by atoms with van der Waals surface area (Å²) in [6.45, 7) is 3.54. The molecular weight excluding hydrogens is 292 g/mol. The van der Waals surface area contributed by atoms with Gasteiger partial charge in [-0.2, -0.15) is 0 Å². The van der Waals surface area contributed by atoms with Gasteiger partial charge >= 0.3 is 5.97 Å². The molecule has 1 saturated heterocycles. The highest BCUT2D eigenvalue weighted by Gasteiger charge is 2.26. The lowest BCUT2D eigenvalue weighted by Gasteiger charge is -2.30.